The lowest BCUT2D eigenvalue weighted by molar-refractivity contribution is -0.140. The molecule has 1 heterocycles. The van der Waals surface area contributed by atoms with Crippen LogP contribution in [0.15, 0.2) is 11.5 Å². The molecule has 0 spiro atoms. The second kappa shape index (κ2) is 3.61. The number of carbonyl (C=O) groups excluding carboxylic acids is 2. The van der Waals surface area contributed by atoms with Gasteiger partial charge in [-0.25, -0.2) is 0 Å². The Balaban J connectivity index is 2.37. The maximum atomic E-state index is 12.1. The zero-order valence-electron chi connectivity index (χ0n) is 9.83. The molecule has 2 aliphatic rings. The number of esters is 1. The molecule has 1 aliphatic heterocycles. The number of carbonyl (C=O) groups is 2. The molecule has 0 N–H and O–H groups in total. The van der Waals surface area contributed by atoms with Crippen LogP contribution >= 0.6 is 0 Å². The van der Waals surface area contributed by atoms with Gasteiger partial charge in [-0.1, -0.05) is 13.8 Å². The lowest BCUT2D eigenvalue weighted by atomic mass is 9.78. The van der Waals surface area contributed by atoms with Crippen molar-refractivity contribution >= 4 is 11.8 Å². The number of rotatable bonds is 0. The van der Waals surface area contributed by atoms with E-state index in [0.717, 1.165) is 0 Å². The van der Waals surface area contributed by atoms with Gasteiger partial charge in [-0.3, -0.25) is 9.59 Å². The summed E-state index contributed by atoms with van der Waals surface area (Å²) in [6, 6.07) is 0. The first-order valence-electron chi connectivity index (χ1n) is 5.55. The van der Waals surface area contributed by atoms with Gasteiger partial charge in [-0.15, -0.1) is 0 Å². The molecule has 1 unspecified atom stereocenters. The van der Waals surface area contributed by atoms with Crippen molar-refractivity contribution in [3.8, 4) is 0 Å². The second-order valence-electron chi connectivity index (χ2n) is 5.07. The van der Waals surface area contributed by atoms with Crippen LogP contribution in [0.5, 0.6) is 0 Å². The molecule has 88 valence electrons. The van der Waals surface area contributed by atoms with Gasteiger partial charge in [0.15, 0.2) is 5.76 Å². The summed E-state index contributed by atoms with van der Waals surface area (Å²) in [5.41, 5.74) is -0.421. The van der Waals surface area contributed by atoms with E-state index >= 15 is 0 Å². The highest BCUT2D eigenvalue weighted by molar-refractivity contribution is 5.99. The van der Waals surface area contributed by atoms with Crippen LogP contribution in [-0.2, 0) is 19.1 Å². The van der Waals surface area contributed by atoms with E-state index < -0.39 is 5.41 Å². The van der Waals surface area contributed by atoms with E-state index in [-0.39, 0.29) is 30.0 Å². The fourth-order valence-corrected chi connectivity index (χ4v) is 1.96. The smallest absolute Gasteiger partial charge is 0.314 e. The topological polar surface area (TPSA) is 52.6 Å². The summed E-state index contributed by atoms with van der Waals surface area (Å²) in [4.78, 5) is 23.5. The molecule has 0 aromatic rings. The molecule has 0 amide bonds. The number of Topliss-reactive ketones (excluding diaryl/α,β-unsaturated/α-hetero) is 1. The standard InChI is InChI=1S/C12H16O4/c1-7-6-9(13)16-8-4-5-12(2,3)11(14)10(8)15-7/h7H,4-6H2,1-3H3. The number of hydrogen-bond donors (Lipinski definition) is 0. The minimum Gasteiger partial charge on any atom is -0.483 e. The van der Waals surface area contributed by atoms with Crippen molar-refractivity contribution in [1.29, 1.82) is 0 Å². The maximum absolute atomic E-state index is 12.1. The molecule has 0 saturated heterocycles. The van der Waals surface area contributed by atoms with Crippen molar-refractivity contribution in [2.45, 2.75) is 46.1 Å². The first-order valence-corrected chi connectivity index (χ1v) is 5.55. The van der Waals surface area contributed by atoms with Gasteiger partial charge in [0.2, 0.25) is 11.5 Å². The van der Waals surface area contributed by atoms with Crippen LogP contribution in [-0.4, -0.2) is 17.9 Å². The van der Waals surface area contributed by atoms with Crippen LogP contribution in [0.2, 0.25) is 0 Å². The summed E-state index contributed by atoms with van der Waals surface area (Å²) in [6.07, 6.45) is 1.18. The van der Waals surface area contributed by atoms with E-state index in [1.165, 1.54) is 0 Å². The van der Waals surface area contributed by atoms with Crippen molar-refractivity contribution in [1.82, 2.24) is 0 Å². The van der Waals surface area contributed by atoms with Crippen molar-refractivity contribution < 1.29 is 19.1 Å². The van der Waals surface area contributed by atoms with Gasteiger partial charge < -0.3 is 9.47 Å². The van der Waals surface area contributed by atoms with Gasteiger partial charge in [0.05, 0.1) is 6.42 Å². The van der Waals surface area contributed by atoms with Crippen molar-refractivity contribution in [3.63, 3.8) is 0 Å². The minimum atomic E-state index is -0.421. The third-order valence-electron chi connectivity index (χ3n) is 3.06. The minimum absolute atomic E-state index is 0.0599. The summed E-state index contributed by atoms with van der Waals surface area (Å²) in [5, 5.41) is 0. The van der Waals surface area contributed by atoms with Crippen molar-refractivity contribution in [3.05, 3.63) is 11.5 Å². The molecule has 0 saturated carbocycles. The summed E-state index contributed by atoms with van der Waals surface area (Å²) < 4.78 is 10.7. The normalized spacial score (nSPS) is 29.1. The lowest BCUT2D eigenvalue weighted by Gasteiger charge is -2.29. The molecule has 4 nitrogen and oxygen atoms in total. The third kappa shape index (κ3) is 1.84. The van der Waals surface area contributed by atoms with E-state index in [1.54, 1.807) is 6.92 Å². The Hall–Kier alpha value is -1.32. The fraction of sp³-hybridized carbons (Fsp3) is 0.667. The number of allylic oxidation sites excluding steroid dienone is 2. The highest BCUT2D eigenvalue weighted by atomic mass is 16.6. The molecule has 0 bridgehead atoms. The van der Waals surface area contributed by atoms with E-state index in [2.05, 4.69) is 0 Å². The monoisotopic (exact) mass is 224 g/mol. The Bertz CT molecular complexity index is 378. The Morgan fingerprint density at radius 2 is 2.00 bits per heavy atom. The average molecular weight is 224 g/mol. The Kier molecular flexibility index (Phi) is 2.52. The van der Waals surface area contributed by atoms with Crippen LogP contribution in [0.25, 0.3) is 0 Å². The van der Waals surface area contributed by atoms with E-state index in [0.29, 0.717) is 18.6 Å². The predicted octanol–water partition coefficient (Wildman–Crippen LogP) is 1.94. The highest BCUT2D eigenvalue weighted by Crippen LogP contribution is 2.38. The molecule has 0 radical (unpaired) electrons. The van der Waals surface area contributed by atoms with Gasteiger partial charge in [0, 0.05) is 11.8 Å². The molecular weight excluding hydrogens is 208 g/mol. The molecule has 16 heavy (non-hydrogen) atoms. The molecule has 4 heteroatoms. The highest BCUT2D eigenvalue weighted by Gasteiger charge is 2.41. The summed E-state index contributed by atoms with van der Waals surface area (Å²) in [7, 11) is 0. The van der Waals surface area contributed by atoms with Gasteiger partial charge in [-0.2, -0.15) is 0 Å². The van der Waals surface area contributed by atoms with Crippen LogP contribution in [0, 0.1) is 5.41 Å². The van der Waals surface area contributed by atoms with Crippen molar-refractivity contribution in [2.24, 2.45) is 5.41 Å². The Morgan fingerprint density at radius 1 is 1.31 bits per heavy atom. The van der Waals surface area contributed by atoms with Gasteiger partial charge in [0.1, 0.15) is 6.10 Å². The first kappa shape index (κ1) is 11.2. The zero-order valence-corrected chi connectivity index (χ0v) is 9.83. The first-order chi connectivity index (χ1) is 7.40. The number of ketones is 1. The zero-order chi connectivity index (χ0) is 11.9. The van der Waals surface area contributed by atoms with Crippen LogP contribution in [0.1, 0.15) is 40.0 Å². The van der Waals surface area contributed by atoms with E-state index in [9.17, 15) is 9.59 Å². The second-order valence-corrected chi connectivity index (χ2v) is 5.07. The molecule has 0 aromatic heterocycles. The maximum Gasteiger partial charge on any atom is 0.314 e. The predicted molar refractivity (Wildman–Crippen MR) is 56.3 cm³/mol. The van der Waals surface area contributed by atoms with E-state index in [1.807, 2.05) is 13.8 Å². The molecule has 1 aliphatic carbocycles. The van der Waals surface area contributed by atoms with Gasteiger partial charge in [-0.05, 0) is 13.3 Å². The molecular formula is C12H16O4. The summed E-state index contributed by atoms with van der Waals surface area (Å²) in [5.74, 6) is 0.300. The summed E-state index contributed by atoms with van der Waals surface area (Å²) in [6.45, 7) is 5.55. The van der Waals surface area contributed by atoms with Crippen molar-refractivity contribution in [2.75, 3.05) is 0 Å². The number of ether oxygens (including phenoxy) is 2. The van der Waals surface area contributed by atoms with Gasteiger partial charge >= 0.3 is 5.97 Å². The van der Waals surface area contributed by atoms with E-state index in [4.69, 9.17) is 9.47 Å². The summed E-state index contributed by atoms with van der Waals surface area (Å²) >= 11 is 0. The molecule has 0 fully saturated rings. The molecule has 0 aromatic carbocycles. The fourth-order valence-electron chi connectivity index (χ4n) is 1.96. The SMILES string of the molecule is CC1CC(=O)OC2=C(O1)C(=O)C(C)(C)CC2. The molecule has 1 atom stereocenters. The molecule has 2 rings (SSSR count). The third-order valence-corrected chi connectivity index (χ3v) is 3.06. The van der Waals surface area contributed by atoms with Crippen LogP contribution in [0.4, 0.5) is 0 Å². The van der Waals surface area contributed by atoms with Crippen LogP contribution < -0.4 is 0 Å². The Labute approximate surface area is 94.6 Å². The van der Waals surface area contributed by atoms with Crippen LogP contribution in [0.3, 0.4) is 0 Å². The van der Waals surface area contributed by atoms with Gasteiger partial charge in [0.25, 0.3) is 0 Å². The Morgan fingerprint density at radius 3 is 2.69 bits per heavy atom. The lowest BCUT2D eigenvalue weighted by Crippen LogP contribution is -2.32. The quantitative estimate of drug-likeness (QED) is 0.590. The number of hydrogen-bond acceptors (Lipinski definition) is 4. The largest absolute Gasteiger partial charge is 0.483 e. The average Bonchev–Trinajstić information content (AvgIpc) is 2.31.